The lowest BCUT2D eigenvalue weighted by Crippen LogP contribution is -1.98. The van der Waals surface area contributed by atoms with E-state index in [0.29, 0.717) is 5.56 Å². The summed E-state index contributed by atoms with van der Waals surface area (Å²) in [7, 11) is 0. The maximum absolute atomic E-state index is 11.4. The van der Waals surface area contributed by atoms with Crippen LogP contribution in [0.2, 0.25) is 0 Å². The number of aryl methyl sites for hydroxylation is 2. The van der Waals surface area contributed by atoms with Gasteiger partial charge in [0.25, 0.3) is 0 Å². The van der Waals surface area contributed by atoms with Gasteiger partial charge in [0.1, 0.15) is 5.82 Å². The standard InChI is InChI=1S/C20H20N2O/c1-4-17-13(2)5-10-19-18(17)11-12-21-20(19)22-16-8-6-15(7-9-16)14(3)23/h5-12H,4H2,1-3H3,(H,21,22). The first-order valence-electron chi connectivity index (χ1n) is 7.85. The van der Waals surface area contributed by atoms with Crippen molar-refractivity contribution in [1.29, 1.82) is 0 Å². The summed E-state index contributed by atoms with van der Waals surface area (Å²) in [5.74, 6) is 0.913. The number of ketones is 1. The zero-order chi connectivity index (χ0) is 16.4. The van der Waals surface area contributed by atoms with Gasteiger partial charge in [0.2, 0.25) is 0 Å². The second kappa shape index (κ2) is 6.21. The molecule has 0 aliphatic rings. The van der Waals surface area contributed by atoms with Crippen molar-refractivity contribution in [3.8, 4) is 0 Å². The Morgan fingerprint density at radius 3 is 2.43 bits per heavy atom. The number of benzene rings is 2. The van der Waals surface area contributed by atoms with Crippen molar-refractivity contribution < 1.29 is 4.79 Å². The van der Waals surface area contributed by atoms with Gasteiger partial charge in [0.05, 0.1) is 0 Å². The highest BCUT2D eigenvalue weighted by molar-refractivity contribution is 5.97. The largest absolute Gasteiger partial charge is 0.340 e. The lowest BCUT2D eigenvalue weighted by atomic mass is 9.99. The molecule has 0 unspecified atom stereocenters. The van der Waals surface area contributed by atoms with Crippen LogP contribution in [-0.2, 0) is 6.42 Å². The number of anilines is 2. The highest BCUT2D eigenvalue weighted by atomic mass is 16.1. The smallest absolute Gasteiger partial charge is 0.159 e. The number of hydrogen-bond acceptors (Lipinski definition) is 3. The minimum atomic E-state index is 0.0721. The second-order valence-corrected chi connectivity index (χ2v) is 5.73. The zero-order valence-corrected chi connectivity index (χ0v) is 13.7. The summed E-state index contributed by atoms with van der Waals surface area (Å²) in [6.07, 6.45) is 2.84. The summed E-state index contributed by atoms with van der Waals surface area (Å²) in [5.41, 5.74) is 4.31. The molecule has 0 saturated heterocycles. The molecule has 0 amide bonds. The van der Waals surface area contributed by atoms with Gasteiger partial charge in [-0.15, -0.1) is 0 Å². The van der Waals surface area contributed by atoms with Gasteiger partial charge < -0.3 is 5.32 Å². The quantitative estimate of drug-likeness (QED) is 0.686. The molecule has 0 spiro atoms. The number of fused-ring (bicyclic) bond motifs is 1. The molecule has 0 saturated carbocycles. The number of nitrogens with zero attached hydrogens (tertiary/aromatic N) is 1. The van der Waals surface area contributed by atoms with E-state index in [-0.39, 0.29) is 5.78 Å². The zero-order valence-electron chi connectivity index (χ0n) is 13.7. The van der Waals surface area contributed by atoms with Crippen molar-refractivity contribution in [3.63, 3.8) is 0 Å². The Morgan fingerprint density at radius 2 is 1.78 bits per heavy atom. The molecule has 3 aromatic rings. The van der Waals surface area contributed by atoms with Gasteiger partial charge in [-0.05, 0) is 67.1 Å². The van der Waals surface area contributed by atoms with Gasteiger partial charge >= 0.3 is 0 Å². The van der Waals surface area contributed by atoms with Crippen LogP contribution in [0.5, 0.6) is 0 Å². The van der Waals surface area contributed by atoms with Crippen LogP contribution in [-0.4, -0.2) is 10.8 Å². The Balaban J connectivity index is 2.02. The molecule has 2 aromatic carbocycles. The third kappa shape index (κ3) is 2.95. The van der Waals surface area contributed by atoms with Gasteiger partial charge in [-0.1, -0.05) is 19.1 Å². The van der Waals surface area contributed by atoms with E-state index >= 15 is 0 Å². The van der Waals surface area contributed by atoms with Crippen LogP contribution in [0.15, 0.2) is 48.7 Å². The van der Waals surface area contributed by atoms with E-state index in [0.717, 1.165) is 23.3 Å². The molecule has 0 radical (unpaired) electrons. The third-order valence-electron chi connectivity index (χ3n) is 4.20. The van der Waals surface area contributed by atoms with E-state index in [1.807, 2.05) is 30.5 Å². The van der Waals surface area contributed by atoms with E-state index in [4.69, 9.17) is 0 Å². The summed E-state index contributed by atoms with van der Waals surface area (Å²) >= 11 is 0. The lowest BCUT2D eigenvalue weighted by Gasteiger charge is -2.13. The van der Waals surface area contributed by atoms with Crippen molar-refractivity contribution in [3.05, 3.63) is 65.4 Å². The Labute approximate surface area is 136 Å². The van der Waals surface area contributed by atoms with Gasteiger partial charge in [-0.3, -0.25) is 4.79 Å². The molecule has 0 bridgehead atoms. The van der Waals surface area contributed by atoms with Crippen molar-refractivity contribution >= 4 is 28.1 Å². The van der Waals surface area contributed by atoms with Gasteiger partial charge in [0.15, 0.2) is 5.78 Å². The third-order valence-corrected chi connectivity index (χ3v) is 4.20. The van der Waals surface area contributed by atoms with E-state index in [9.17, 15) is 4.79 Å². The molecule has 3 heteroatoms. The minimum absolute atomic E-state index is 0.0721. The topological polar surface area (TPSA) is 42.0 Å². The van der Waals surface area contributed by atoms with Crippen LogP contribution in [0.1, 0.15) is 35.3 Å². The summed E-state index contributed by atoms with van der Waals surface area (Å²) in [6, 6.07) is 13.8. The van der Waals surface area contributed by atoms with E-state index in [2.05, 4.69) is 42.3 Å². The maximum Gasteiger partial charge on any atom is 0.159 e. The Bertz CT molecular complexity index is 867. The number of aromatic nitrogens is 1. The average molecular weight is 304 g/mol. The minimum Gasteiger partial charge on any atom is -0.340 e. The maximum atomic E-state index is 11.4. The van der Waals surface area contributed by atoms with Crippen LogP contribution in [0.3, 0.4) is 0 Å². The highest BCUT2D eigenvalue weighted by Gasteiger charge is 2.08. The number of carbonyl (C=O) groups excluding carboxylic acids is 1. The first kappa shape index (κ1) is 15.2. The summed E-state index contributed by atoms with van der Waals surface area (Å²) in [4.78, 5) is 15.8. The van der Waals surface area contributed by atoms with Crippen molar-refractivity contribution in [2.45, 2.75) is 27.2 Å². The molecule has 0 fully saturated rings. The monoisotopic (exact) mass is 304 g/mol. The SMILES string of the molecule is CCc1c(C)ccc2c(Nc3ccc(C(C)=O)cc3)nccc12. The fourth-order valence-electron chi connectivity index (χ4n) is 2.92. The molecule has 1 heterocycles. The molecule has 0 atom stereocenters. The van der Waals surface area contributed by atoms with Gasteiger partial charge in [0, 0.05) is 22.8 Å². The number of rotatable bonds is 4. The molecule has 0 aliphatic carbocycles. The predicted octanol–water partition coefficient (Wildman–Crippen LogP) is 5.05. The molecular formula is C20H20N2O. The van der Waals surface area contributed by atoms with Crippen LogP contribution in [0.25, 0.3) is 10.8 Å². The van der Waals surface area contributed by atoms with Gasteiger partial charge in [-0.25, -0.2) is 4.98 Å². The molecule has 1 aromatic heterocycles. The first-order chi connectivity index (χ1) is 11.1. The Kier molecular flexibility index (Phi) is 4.11. The van der Waals surface area contributed by atoms with Crippen LogP contribution < -0.4 is 5.32 Å². The number of pyridine rings is 1. The second-order valence-electron chi connectivity index (χ2n) is 5.73. The van der Waals surface area contributed by atoms with E-state index in [1.54, 1.807) is 6.92 Å². The number of carbonyl (C=O) groups is 1. The highest BCUT2D eigenvalue weighted by Crippen LogP contribution is 2.29. The Morgan fingerprint density at radius 1 is 1.04 bits per heavy atom. The summed E-state index contributed by atoms with van der Waals surface area (Å²) in [5, 5.41) is 5.72. The molecule has 1 N–H and O–H groups in total. The molecule has 3 nitrogen and oxygen atoms in total. The molecule has 23 heavy (non-hydrogen) atoms. The number of hydrogen-bond donors (Lipinski definition) is 1. The van der Waals surface area contributed by atoms with Crippen LogP contribution >= 0.6 is 0 Å². The van der Waals surface area contributed by atoms with Crippen molar-refractivity contribution in [1.82, 2.24) is 4.98 Å². The first-order valence-corrected chi connectivity index (χ1v) is 7.85. The average Bonchev–Trinajstić information content (AvgIpc) is 2.55. The van der Waals surface area contributed by atoms with Crippen LogP contribution in [0, 0.1) is 6.92 Å². The molecular weight excluding hydrogens is 284 g/mol. The fourth-order valence-corrected chi connectivity index (χ4v) is 2.92. The van der Waals surface area contributed by atoms with E-state index in [1.165, 1.54) is 16.5 Å². The lowest BCUT2D eigenvalue weighted by molar-refractivity contribution is 0.101. The molecule has 0 aliphatic heterocycles. The van der Waals surface area contributed by atoms with Crippen molar-refractivity contribution in [2.24, 2.45) is 0 Å². The van der Waals surface area contributed by atoms with E-state index < -0.39 is 0 Å². The van der Waals surface area contributed by atoms with Crippen molar-refractivity contribution in [2.75, 3.05) is 5.32 Å². The fraction of sp³-hybridized carbons (Fsp3) is 0.200. The molecule has 116 valence electrons. The normalized spacial score (nSPS) is 10.7. The summed E-state index contributed by atoms with van der Waals surface area (Å²) < 4.78 is 0. The number of Topliss-reactive ketones (excluding diaryl/α,β-unsaturated/α-hetero) is 1. The summed E-state index contributed by atoms with van der Waals surface area (Å²) in [6.45, 7) is 5.89. The number of nitrogens with one attached hydrogen (secondary N) is 1. The molecule has 3 rings (SSSR count). The Hall–Kier alpha value is -2.68. The predicted molar refractivity (Wildman–Crippen MR) is 95.6 cm³/mol. The van der Waals surface area contributed by atoms with Gasteiger partial charge in [-0.2, -0.15) is 0 Å². The van der Waals surface area contributed by atoms with Crippen LogP contribution in [0.4, 0.5) is 11.5 Å².